The molecule has 0 spiro atoms. The van der Waals surface area contributed by atoms with Crippen LogP contribution in [0.25, 0.3) is 0 Å². The van der Waals surface area contributed by atoms with Gasteiger partial charge >= 0.3 is 0 Å². The van der Waals surface area contributed by atoms with E-state index in [-0.39, 0.29) is 24.0 Å². The van der Waals surface area contributed by atoms with Gasteiger partial charge < -0.3 is 20.1 Å². The second-order valence-electron chi connectivity index (χ2n) is 5.55. The van der Waals surface area contributed by atoms with E-state index in [0.29, 0.717) is 6.54 Å². The number of nitrogens with one attached hydrogen (secondary N) is 2. The van der Waals surface area contributed by atoms with Gasteiger partial charge in [-0.2, -0.15) is 0 Å². The summed E-state index contributed by atoms with van der Waals surface area (Å²) in [4.78, 5) is 4.63. The van der Waals surface area contributed by atoms with Crippen molar-refractivity contribution in [3.63, 3.8) is 0 Å². The van der Waals surface area contributed by atoms with Gasteiger partial charge in [-0.1, -0.05) is 36.4 Å². The zero-order chi connectivity index (χ0) is 17.9. The molecule has 0 fully saturated rings. The Morgan fingerprint density at radius 3 is 2.31 bits per heavy atom. The second-order valence-corrected chi connectivity index (χ2v) is 5.55. The minimum absolute atomic E-state index is 0. The molecule has 2 rings (SSSR count). The first-order chi connectivity index (χ1) is 12.3. The molecule has 26 heavy (non-hydrogen) atoms. The van der Waals surface area contributed by atoms with E-state index in [9.17, 15) is 0 Å². The van der Waals surface area contributed by atoms with Crippen molar-refractivity contribution in [2.75, 3.05) is 27.3 Å². The molecule has 0 radical (unpaired) electrons. The van der Waals surface area contributed by atoms with Gasteiger partial charge in [-0.15, -0.1) is 24.0 Å². The van der Waals surface area contributed by atoms with Crippen LogP contribution in [0.2, 0.25) is 0 Å². The average molecular weight is 469 g/mol. The summed E-state index contributed by atoms with van der Waals surface area (Å²) < 4.78 is 10.6. The molecule has 0 bridgehead atoms. The van der Waals surface area contributed by atoms with Gasteiger partial charge in [0.05, 0.1) is 20.8 Å². The van der Waals surface area contributed by atoms with E-state index in [1.54, 1.807) is 14.2 Å². The SMILES string of the molecule is CCNC(=NCc1ccccc1)NCCc1ccc(OC)c(OC)c1.I. The molecule has 0 aliphatic heterocycles. The quantitative estimate of drug-likeness (QED) is 0.353. The van der Waals surface area contributed by atoms with E-state index < -0.39 is 0 Å². The average Bonchev–Trinajstić information content (AvgIpc) is 2.66. The molecule has 6 heteroatoms. The Morgan fingerprint density at radius 1 is 0.923 bits per heavy atom. The minimum Gasteiger partial charge on any atom is -0.493 e. The van der Waals surface area contributed by atoms with Gasteiger partial charge in [0.1, 0.15) is 0 Å². The van der Waals surface area contributed by atoms with Crippen LogP contribution in [0, 0.1) is 0 Å². The highest BCUT2D eigenvalue weighted by Gasteiger charge is 2.05. The summed E-state index contributed by atoms with van der Waals surface area (Å²) in [6.45, 7) is 4.34. The summed E-state index contributed by atoms with van der Waals surface area (Å²) in [6.07, 6.45) is 0.871. The number of hydrogen-bond acceptors (Lipinski definition) is 3. The normalized spacial score (nSPS) is 10.7. The zero-order valence-corrected chi connectivity index (χ0v) is 17.9. The zero-order valence-electron chi connectivity index (χ0n) is 15.6. The summed E-state index contributed by atoms with van der Waals surface area (Å²) in [5, 5.41) is 6.65. The minimum atomic E-state index is 0. The second kappa shape index (κ2) is 12.4. The van der Waals surface area contributed by atoms with E-state index in [1.807, 2.05) is 30.3 Å². The molecule has 0 heterocycles. The highest BCUT2D eigenvalue weighted by molar-refractivity contribution is 14.0. The molecule has 0 unspecified atom stereocenters. The number of rotatable bonds is 8. The van der Waals surface area contributed by atoms with E-state index in [4.69, 9.17) is 9.47 Å². The fraction of sp³-hybridized carbons (Fsp3) is 0.350. The number of aliphatic imine (C=N–C) groups is 1. The van der Waals surface area contributed by atoms with Crippen LogP contribution < -0.4 is 20.1 Å². The van der Waals surface area contributed by atoms with Crippen LogP contribution in [-0.4, -0.2) is 33.3 Å². The molecule has 2 N–H and O–H groups in total. The highest BCUT2D eigenvalue weighted by Crippen LogP contribution is 2.27. The Kier molecular flexibility index (Phi) is 10.5. The molecule has 0 saturated carbocycles. The first-order valence-corrected chi connectivity index (χ1v) is 8.53. The molecular formula is C20H28IN3O2. The molecule has 2 aromatic carbocycles. The van der Waals surface area contributed by atoms with Gasteiger partial charge in [0.2, 0.25) is 0 Å². The monoisotopic (exact) mass is 469 g/mol. The van der Waals surface area contributed by atoms with E-state index >= 15 is 0 Å². The van der Waals surface area contributed by atoms with Crippen molar-refractivity contribution in [1.29, 1.82) is 0 Å². The fourth-order valence-electron chi connectivity index (χ4n) is 2.46. The Morgan fingerprint density at radius 2 is 1.65 bits per heavy atom. The van der Waals surface area contributed by atoms with E-state index in [1.165, 1.54) is 11.1 Å². The lowest BCUT2D eigenvalue weighted by molar-refractivity contribution is 0.354. The van der Waals surface area contributed by atoms with Crippen LogP contribution in [-0.2, 0) is 13.0 Å². The fourth-order valence-corrected chi connectivity index (χ4v) is 2.46. The van der Waals surface area contributed by atoms with E-state index in [2.05, 4.69) is 40.7 Å². The van der Waals surface area contributed by atoms with Crippen LogP contribution in [0.3, 0.4) is 0 Å². The summed E-state index contributed by atoms with van der Waals surface area (Å²) in [6, 6.07) is 16.2. The van der Waals surface area contributed by atoms with Crippen molar-refractivity contribution in [1.82, 2.24) is 10.6 Å². The van der Waals surface area contributed by atoms with Gasteiger partial charge in [0.25, 0.3) is 0 Å². The molecule has 0 aliphatic rings. The highest BCUT2D eigenvalue weighted by atomic mass is 127. The first kappa shape index (κ1) is 22.1. The maximum absolute atomic E-state index is 5.35. The maximum atomic E-state index is 5.35. The number of methoxy groups -OCH3 is 2. The molecule has 0 atom stereocenters. The molecule has 142 valence electrons. The molecule has 0 aromatic heterocycles. The number of halogens is 1. The first-order valence-electron chi connectivity index (χ1n) is 8.53. The van der Waals surface area contributed by atoms with Crippen molar-refractivity contribution >= 4 is 29.9 Å². The molecule has 0 saturated heterocycles. The molecular weight excluding hydrogens is 441 g/mol. The van der Waals surface area contributed by atoms with Gasteiger partial charge in [0, 0.05) is 13.1 Å². The Balaban J connectivity index is 0.00000338. The molecule has 0 amide bonds. The lowest BCUT2D eigenvalue weighted by Gasteiger charge is -2.12. The van der Waals surface area contributed by atoms with Crippen LogP contribution in [0.15, 0.2) is 53.5 Å². The number of guanidine groups is 1. The van der Waals surface area contributed by atoms with Gasteiger partial charge in [-0.25, -0.2) is 4.99 Å². The lowest BCUT2D eigenvalue weighted by atomic mass is 10.1. The van der Waals surface area contributed by atoms with Crippen molar-refractivity contribution in [2.24, 2.45) is 4.99 Å². The summed E-state index contributed by atoms with van der Waals surface area (Å²) >= 11 is 0. The van der Waals surface area contributed by atoms with Crippen LogP contribution >= 0.6 is 24.0 Å². The summed E-state index contributed by atoms with van der Waals surface area (Å²) in [5.74, 6) is 2.33. The number of hydrogen-bond donors (Lipinski definition) is 2. The van der Waals surface area contributed by atoms with Gasteiger partial charge in [-0.05, 0) is 36.6 Å². The standard InChI is InChI=1S/C20H27N3O2.HI/c1-4-21-20(23-15-17-8-6-5-7-9-17)22-13-12-16-10-11-18(24-2)19(14-16)25-3;/h5-11,14H,4,12-13,15H2,1-3H3,(H2,21,22,23);1H. The smallest absolute Gasteiger partial charge is 0.191 e. The summed E-state index contributed by atoms with van der Waals surface area (Å²) in [5.41, 5.74) is 2.38. The predicted molar refractivity (Wildman–Crippen MR) is 118 cm³/mol. The number of benzene rings is 2. The van der Waals surface area contributed by atoms with Crippen LogP contribution in [0.4, 0.5) is 0 Å². The maximum Gasteiger partial charge on any atom is 0.191 e. The Labute approximate surface area is 173 Å². The third kappa shape index (κ3) is 7.11. The molecule has 5 nitrogen and oxygen atoms in total. The number of ether oxygens (including phenoxy) is 2. The van der Waals surface area contributed by atoms with Crippen molar-refractivity contribution < 1.29 is 9.47 Å². The number of nitrogens with zero attached hydrogens (tertiary/aromatic N) is 1. The van der Waals surface area contributed by atoms with Gasteiger partial charge in [0.15, 0.2) is 17.5 Å². The van der Waals surface area contributed by atoms with E-state index in [0.717, 1.165) is 37.0 Å². The summed E-state index contributed by atoms with van der Waals surface area (Å²) in [7, 11) is 3.30. The third-order valence-electron chi connectivity index (χ3n) is 3.76. The largest absolute Gasteiger partial charge is 0.493 e. The molecule has 0 aliphatic carbocycles. The lowest BCUT2D eigenvalue weighted by Crippen LogP contribution is -2.38. The van der Waals surface area contributed by atoms with Crippen LogP contribution in [0.1, 0.15) is 18.1 Å². The van der Waals surface area contributed by atoms with Crippen molar-refractivity contribution in [3.05, 3.63) is 59.7 Å². The van der Waals surface area contributed by atoms with Gasteiger partial charge in [-0.3, -0.25) is 0 Å². The third-order valence-corrected chi connectivity index (χ3v) is 3.76. The van der Waals surface area contributed by atoms with Crippen LogP contribution in [0.5, 0.6) is 11.5 Å². The van der Waals surface area contributed by atoms with Crippen molar-refractivity contribution in [2.45, 2.75) is 19.9 Å². The topological polar surface area (TPSA) is 54.9 Å². The predicted octanol–water partition coefficient (Wildman–Crippen LogP) is 3.62. The van der Waals surface area contributed by atoms with Crippen molar-refractivity contribution in [3.8, 4) is 11.5 Å². The Bertz CT molecular complexity index is 678. The molecule has 2 aromatic rings. The Hall–Kier alpha value is -1.96.